The summed E-state index contributed by atoms with van der Waals surface area (Å²) in [5.41, 5.74) is 3.28. The average Bonchev–Trinajstić information content (AvgIpc) is 2.72. The van der Waals surface area contributed by atoms with Crippen molar-refractivity contribution >= 4 is 5.69 Å². The molecule has 1 aromatic rings. The molecule has 1 aliphatic rings. The van der Waals surface area contributed by atoms with Gasteiger partial charge in [-0.05, 0) is 36.4 Å². The second-order valence-electron chi connectivity index (χ2n) is 6.14. The number of anilines is 1. The number of rotatable bonds is 6. The maximum atomic E-state index is 3.55. The van der Waals surface area contributed by atoms with Crippen LogP contribution in [0.25, 0.3) is 0 Å². The zero-order valence-electron chi connectivity index (χ0n) is 12.0. The molecule has 0 unspecified atom stereocenters. The predicted octanol–water partition coefficient (Wildman–Crippen LogP) is 3.07. The number of benzene rings is 1. The Labute approximate surface area is 111 Å². The number of hydrogen-bond acceptors (Lipinski definition) is 2. The van der Waals surface area contributed by atoms with Crippen LogP contribution in [-0.2, 0) is 6.42 Å². The van der Waals surface area contributed by atoms with Crippen molar-refractivity contribution in [2.45, 2.75) is 33.6 Å². The van der Waals surface area contributed by atoms with Crippen molar-refractivity contribution in [3.05, 3.63) is 29.8 Å². The topological polar surface area (TPSA) is 15.3 Å². The van der Waals surface area contributed by atoms with E-state index < -0.39 is 0 Å². The third-order valence-electron chi connectivity index (χ3n) is 3.63. The van der Waals surface area contributed by atoms with Crippen LogP contribution >= 0.6 is 0 Å². The molecule has 0 aromatic heterocycles. The van der Waals surface area contributed by atoms with Gasteiger partial charge in [-0.1, -0.05) is 39.0 Å². The smallest absolute Gasteiger partial charge is 0.0399 e. The number of para-hydroxylation sites is 1. The lowest BCUT2D eigenvalue weighted by Gasteiger charge is -2.32. The monoisotopic (exact) mass is 246 g/mol. The molecule has 0 bridgehead atoms. The van der Waals surface area contributed by atoms with Crippen LogP contribution in [0, 0.1) is 5.41 Å². The maximum Gasteiger partial charge on any atom is 0.0399 e. The lowest BCUT2D eigenvalue weighted by molar-refractivity contribution is 0.344. The Morgan fingerprint density at radius 2 is 2.06 bits per heavy atom. The highest BCUT2D eigenvalue weighted by Gasteiger charge is 2.25. The Kier molecular flexibility index (Phi) is 4.28. The van der Waals surface area contributed by atoms with Crippen molar-refractivity contribution in [1.29, 1.82) is 0 Å². The van der Waals surface area contributed by atoms with Gasteiger partial charge in [-0.15, -0.1) is 0 Å². The van der Waals surface area contributed by atoms with Crippen molar-refractivity contribution in [2.24, 2.45) is 5.41 Å². The van der Waals surface area contributed by atoms with Gasteiger partial charge in [0.05, 0.1) is 0 Å². The van der Waals surface area contributed by atoms with Crippen molar-refractivity contribution in [3.8, 4) is 0 Å². The van der Waals surface area contributed by atoms with E-state index in [0.717, 1.165) is 19.6 Å². The van der Waals surface area contributed by atoms with Crippen LogP contribution < -0.4 is 10.2 Å². The fourth-order valence-corrected chi connectivity index (χ4v) is 2.75. The second-order valence-corrected chi connectivity index (χ2v) is 6.14. The Morgan fingerprint density at radius 3 is 2.83 bits per heavy atom. The molecule has 0 saturated carbocycles. The molecule has 2 heteroatoms. The zero-order valence-corrected chi connectivity index (χ0v) is 12.0. The van der Waals surface area contributed by atoms with Gasteiger partial charge >= 0.3 is 0 Å². The van der Waals surface area contributed by atoms with Gasteiger partial charge in [-0.2, -0.15) is 0 Å². The van der Waals surface area contributed by atoms with Crippen LogP contribution in [-0.4, -0.2) is 26.2 Å². The number of fused-ring (bicyclic) bond motifs is 1. The fourth-order valence-electron chi connectivity index (χ4n) is 2.75. The van der Waals surface area contributed by atoms with E-state index in [4.69, 9.17) is 0 Å². The summed E-state index contributed by atoms with van der Waals surface area (Å²) in [6, 6.07) is 8.82. The van der Waals surface area contributed by atoms with Gasteiger partial charge in [0.2, 0.25) is 0 Å². The highest BCUT2D eigenvalue weighted by atomic mass is 15.2. The van der Waals surface area contributed by atoms with E-state index in [1.165, 1.54) is 30.6 Å². The first-order chi connectivity index (χ1) is 8.62. The van der Waals surface area contributed by atoms with Crippen LogP contribution in [0.5, 0.6) is 0 Å². The summed E-state index contributed by atoms with van der Waals surface area (Å²) in [4.78, 5) is 2.54. The van der Waals surface area contributed by atoms with Crippen molar-refractivity contribution < 1.29 is 0 Å². The molecule has 2 nitrogen and oxygen atoms in total. The maximum absolute atomic E-state index is 3.55. The summed E-state index contributed by atoms with van der Waals surface area (Å²) in [6.45, 7) is 11.5. The first kappa shape index (κ1) is 13.4. The molecule has 1 aliphatic heterocycles. The summed E-state index contributed by atoms with van der Waals surface area (Å²) in [5.74, 6) is 0. The summed E-state index contributed by atoms with van der Waals surface area (Å²) < 4.78 is 0. The number of hydrogen-bond donors (Lipinski definition) is 1. The van der Waals surface area contributed by atoms with E-state index in [9.17, 15) is 0 Å². The van der Waals surface area contributed by atoms with Crippen LogP contribution in [0.2, 0.25) is 0 Å². The predicted molar refractivity (Wildman–Crippen MR) is 79.3 cm³/mol. The molecule has 0 aliphatic carbocycles. The standard InChI is InChI=1S/C16H26N2/c1-4-10-17-12-16(2,3)13-18-11-9-14-7-5-6-8-15(14)18/h5-8,17H,4,9-13H2,1-3H3. The Morgan fingerprint density at radius 1 is 1.28 bits per heavy atom. The minimum Gasteiger partial charge on any atom is -0.370 e. The quantitative estimate of drug-likeness (QED) is 0.776. The second kappa shape index (κ2) is 5.75. The third-order valence-corrected chi connectivity index (χ3v) is 3.63. The molecular formula is C16H26N2. The van der Waals surface area contributed by atoms with E-state index in [1.54, 1.807) is 0 Å². The van der Waals surface area contributed by atoms with Gasteiger partial charge < -0.3 is 10.2 Å². The van der Waals surface area contributed by atoms with E-state index in [0.29, 0.717) is 5.41 Å². The SMILES string of the molecule is CCCNCC(C)(C)CN1CCc2ccccc21. The molecule has 1 aromatic carbocycles. The highest BCUT2D eigenvalue weighted by molar-refractivity contribution is 5.57. The molecule has 0 atom stereocenters. The van der Waals surface area contributed by atoms with Gasteiger partial charge in [-0.3, -0.25) is 0 Å². The molecule has 2 rings (SSSR count). The normalized spacial score (nSPS) is 14.9. The Bertz CT molecular complexity index is 384. The first-order valence-corrected chi connectivity index (χ1v) is 7.16. The first-order valence-electron chi connectivity index (χ1n) is 7.16. The van der Waals surface area contributed by atoms with Gasteiger partial charge in [0, 0.05) is 25.3 Å². The lowest BCUT2D eigenvalue weighted by Crippen LogP contribution is -2.40. The molecule has 0 saturated heterocycles. The van der Waals surface area contributed by atoms with Crippen molar-refractivity contribution in [2.75, 3.05) is 31.1 Å². The van der Waals surface area contributed by atoms with Crippen LogP contribution in [0.4, 0.5) is 5.69 Å². The van der Waals surface area contributed by atoms with Gasteiger partial charge in [-0.25, -0.2) is 0 Å². The molecule has 1 heterocycles. The molecule has 1 N–H and O–H groups in total. The van der Waals surface area contributed by atoms with Gasteiger partial charge in [0.25, 0.3) is 0 Å². The number of nitrogens with one attached hydrogen (secondary N) is 1. The fraction of sp³-hybridized carbons (Fsp3) is 0.625. The lowest BCUT2D eigenvalue weighted by atomic mass is 9.92. The molecule has 18 heavy (non-hydrogen) atoms. The molecular weight excluding hydrogens is 220 g/mol. The summed E-state index contributed by atoms with van der Waals surface area (Å²) in [5, 5.41) is 3.55. The average molecular weight is 246 g/mol. The van der Waals surface area contributed by atoms with Crippen molar-refractivity contribution in [1.82, 2.24) is 5.32 Å². The summed E-state index contributed by atoms with van der Waals surface area (Å²) >= 11 is 0. The highest BCUT2D eigenvalue weighted by Crippen LogP contribution is 2.30. The minimum atomic E-state index is 0.326. The van der Waals surface area contributed by atoms with Crippen molar-refractivity contribution in [3.63, 3.8) is 0 Å². The Hall–Kier alpha value is -1.02. The molecule has 0 fully saturated rings. The van der Waals surface area contributed by atoms with Gasteiger partial charge in [0.15, 0.2) is 0 Å². The summed E-state index contributed by atoms with van der Waals surface area (Å²) in [6.07, 6.45) is 2.41. The van der Waals surface area contributed by atoms with Crippen LogP contribution in [0.1, 0.15) is 32.8 Å². The van der Waals surface area contributed by atoms with Gasteiger partial charge in [0.1, 0.15) is 0 Å². The van der Waals surface area contributed by atoms with E-state index in [-0.39, 0.29) is 0 Å². The van der Waals surface area contributed by atoms with E-state index >= 15 is 0 Å². The van der Waals surface area contributed by atoms with E-state index in [1.807, 2.05) is 0 Å². The van der Waals surface area contributed by atoms with Crippen LogP contribution in [0.3, 0.4) is 0 Å². The summed E-state index contributed by atoms with van der Waals surface area (Å²) in [7, 11) is 0. The van der Waals surface area contributed by atoms with E-state index in [2.05, 4.69) is 55.3 Å². The molecule has 0 amide bonds. The zero-order chi connectivity index (χ0) is 13.0. The van der Waals surface area contributed by atoms with Crippen LogP contribution in [0.15, 0.2) is 24.3 Å². The molecule has 0 spiro atoms. The molecule has 0 radical (unpaired) electrons. The minimum absolute atomic E-state index is 0.326. The third kappa shape index (κ3) is 3.26. The largest absolute Gasteiger partial charge is 0.370 e. The number of nitrogens with zero attached hydrogens (tertiary/aromatic N) is 1. The Balaban J connectivity index is 1.94. The molecule has 100 valence electrons.